The highest BCUT2D eigenvalue weighted by Crippen LogP contribution is 2.30. The highest BCUT2D eigenvalue weighted by atomic mass is 16.6. The molecule has 0 aliphatic carbocycles. The molecule has 0 saturated heterocycles. The molecular weight excluding hydrogens is 358 g/mol. The number of amides is 1. The number of hydrogen-bond acceptors (Lipinski definition) is 5. The summed E-state index contributed by atoms with van der Waals surface area (Å²) in [6.45, 7) is 5.52. The Balaban J connectivity index is 2.13. The van der Waals surface area contributed by atoms with Gasteiger partial charge in [-0.2, -0.15) is 0 Å². The van der Waals surface area contributed by atoms with Gasteiger partial charge in [-0.1, -0.05) is 12.1 Å². The van der Waals surface area contributed by atoms with Crippen molar-refractivity contribution in [1.82, 2.24) is 9.97 Å². The Labute approximate surface area is 162 Å². The molecule has 1 N–H and O–H groups in total. The average molecular weight is 379 g/mol. The fourth-order valence-corrected chi connectivity index (χ4v) is 2.78. The van der Waals surface area contributed by atoms with Crippen LogP contribution in [0.5, 0.6) is 0 Å². The van der Waals surface area contributed by atoms with E-state index in [4.69, 9.17) is 4.74 Å². The lowest BCUT2D eigenvalue weighted by Gasteiger charge is -2.28. The molecular formula is C21H21N3O4. The standard InChI is InChI=1S/C21H21N3O4/c1-21(2,3)28-20(27)24(13-14-7-4-5-11-22-14)17-10-9-16(19(25)26)15-8-6-12-23-18(15)17/h4-12H,13H2,1-3H3,(H,25,26). The summed E-state index contributed by atoms with van der Waals surface area (Å²) in [5.74, 6) is -1.06. The van der Waals surface area contributed by atoms with Gasteiger partial charge < -0.3 is 9.84 Å². The van der Waals surface area contributed by atoms with Gasteiger partial charge in [-0.25, -0.2) is 9.59 Å². The lowest BCUT2D eigenvalue weighted by molar-refractivity contribution is 0.0576. The third-order valence-electron chi connectivity index (χ3n) is 3.93. The van der Waals surface area contributed by atoms with Crippen LogP contribution in [-0.4, -0.2) is 32.7 Å². The minimum Gasteiger partial charge on any atom is -0.478 e. The topological polar surface area (TPSA) is 92.6 Å². The van der Waals surface area contributed by atoms with Crippen molar-refractivity contribution in [3.63, 3.8) is 0 Å². The Morgan fingerprint density at radius 3 is 2.43 bits per heavy atom. The van der Waals surface area contributed by atoms with Gasteiger partial charge in [0.15, 0.2) is 0 Å². The van der Waals surface area contributed by atoms with E-state index in [0.717, 1.165) is 0 Å². The van der Waals surface area contributed by atoms with Gasteiger partial charge in [-0.15, -0.1) is 0 Å². The van der Waals surface area contributed by atoms with Gasteiger partial charge in [-0.3, -0.25) is 14.9 Å². The lowest BCUT2D eigenvalue weighted by Crippen LogP contribution is -2.37. The molecule has 0 unspecified atom stereocenters. The van der Waals surface area contributed by atoms with Crippen LogP contribution in [0.2, 0.25) is 0 Å². The minimum absolute atomic E-state index is 0.119. The van der Waals surface area contributed by atoms with Gasteiger partial charge >= 0.3 is 12.1 Å². The molecule has 28 heavy (non-hydrogen) atoms. The number of hydrogen-bond donors (Lipinski definition) is 1. The summed E-state index contributed by atoms with van der Waals surface area (Å²) in [5.41, 5.74) is 0.960. The van der Waals surface area contributed by atoms with E-state index in [0.29, 0.717) is 22.3 Å². The number of carbonyl (C=O) groups is 2. The van der Waals surface area contributed by atoms with Gasteiger partial charge in [0, 0.05) is 17.8 Å². The summed E-state index contributed by atoms with van der Waals surface area (Å²) in [7, 11) is 0. The largest absolute Gasteiger partial charge is 0.478 e. The van der Waals surface area contributed by atoms with E-state index in [9.17, 15) is 14.7 Å². The number of aromatic carboxylic acids is 1. The first kappa shape index (κ1) is 19.3. The van der Waals surface area contributed by atoms with E-state index in [2.05, 4.69) is 9.97 Å². The molecule has 2 heterocycles. The average Bonchev–Trinajstić information content (AvgIpc) is 2.64. The third-order valence-corrected chi connectivity index (χ3v) is 3.93. The Bertz CT molecular complexity index is 1010. The van der Waals surface area contributed by atoms with Gasteiger partial charge in [0.2, 0.25) is 0 Å². The quantitative estimate of drug-likeness (QED) is 0.728. The van der Waals surface area contributed by atoms with E-state index in [-0.39, 0.29) is 12.1 Å². The summed E-state index contributed by atoms with van der Waals surface area (Å²) in [6.07, 6.45) is 2.64. The maximum atomic E-state index is 13.0. The van der Waals surface area contributed by atoms with Crippen molar-refractivity contribution in [3.05, 3.63) is 66.1 Å². The SMILES string of the molecule is CC(C)(C)OC(=O)N(Cc1ccccn1)c1ccc(C(=O)O)c2cccnc12. The van der Waals surface area contributed by atoms with Crippen molar-refractivity contribution >= 4 is 28.7 Å². The molecule has 1 amide bonds. The van der Waals surface area contributed by atoms with E-state index >= 15 is 0 Å². The van der Waals surface area contributed by atoms with Crippen LogP contribution >= 0.6 is 0 Å². The second-order valence-corrected chi connectivity index (χ2v) is 7.22. The monoisotopic (exact) mass is 379 g/mol. The number of rotatable bonds is 4. The van der Waals surface area contributed by atoms with Crippen molar-refractivity contribution in [2.75, 3.05) is 4.90 Å². The van der Waals surface area contributed by atoms with Gasteiger partial charge in [0.05, 0.1) is 29.0 Å². The number of carboxylic acids is 1. The molecule has 2 aromatic heterocycles. The number of ether oxygens (including phenoxy) is 1. The van der Waals surface area contributed by atoms with Crippen molar-refractivity contribution < 1.29 is 19.4 Å². The van der Waals surface area contributed by atoms with Crippen LogP contribution in [-0.2, 0) is 11.3 Å². The maximum Gasteiger partial charge on any atom is 0.415 e. The molecule has 7 nitrogen and oxygen atoms in total. The number of carboxylic acid groups (broad SMARTS) is 1. The smallest absolute Gasteiger partial charge is 0.415 e. The van der Waals surface area contributed by atoms with E-state index in [1.54, 1.807) is 63.5 Å². The van der Waals surface area contributed by atoms with Gasteiger partial charge in [-0.05, 0) is 51.1 Å². The number of aromatic nitrogens is 2. The number of carbonyl (C=O) groups excluding carboxylic acids is 1. The van der Waals surface area contributed by atoms with Crippen LogP contribution in [0.3, 0.4) is 0 Å². The number of fused-ring (bicyclic) bond motifs is 1. The molecule has 0 aliphatic rings. The Morgan fingerprint density at radius 2 is 1.79 bits per heavy atom. The fourth-order valence-electron chi connectivity index (χ4n) is 2.78. The van der Waals surface area contributed by atoms with E-state index in [1.807, 2.05) is 6.07 Å². The minimum atomic E-state index is -1.06. The summed E-state index contributed by atoms with van der Waals surface area (Å²) in [4.78, 5) is 34.6. The summed E-state index contributed by atoms with van der Waals surface area (Å²) >= 11 is 0. The molecule has 0 saturated carbocycles. The Kier molecular flexibility index (Phi) is 5.26. The Hall–Kier alpha value is -3.48. The number of anilines is 1. The summed E-state index contributed by atoms with van der Waals surface area (Å²) < 4.78 is 5.57. The van der Waals surface area contributed by atoms with E-state index < -0.39 is 17.7 Å². The first-order valence-corrected chi connectivity index (χ1v) is 8.78. The number of benzene rings is 1. The summed E-state index contributed by atoms with van der Waals surface area (Å²) in [6, 6.07) is 11.8. The molecule has 0 spiro atoms. The fraction of sp³-hybridized carbons (Fsp3) is 0.238. The first-order valence-electron chi connectivity index (χ1n) is 8.78. The second-order valence-electron chi connectivity index (χ2n) is 7.22. The van der Waals surface area contributed by atoms with Crippen LogP contribution in [0, 0.1) is 0 Å². The van der Waals surface area contributed by atoms with E-state index in [1.165, 1.54) is 11.0 Å². The van der Waals surface area contributed by atoms with Crippen LogP contribution < -0.4 is 4.90 Å². The van der Waals surface area contributed by atoms with Crippen molar-refractivity contribution in [2.45, 2.75) is 32.9 Å². The van der Waals surface area contributed by atoms with Gasteiger partial charge in [0.1, 0.15) is 5.60 Å². The normalized spacial score (nSPS) is 11.2. The zero-order chi connectivity index (χ0) is 20.3. The van der Waals surface area contributed by atoms with Crippen LogP contribution in [0.1, 0.15) is 36.8 Å². The predicted octanol–water partition coefficient (Wildman–Crippen LogP) is 4.27. The molecule has 0 atom stereocenters. The second kappa shape index (κ2) is 7.64. The van der Waals surface area contributed by atoms with Crippen molar-refractivity contribution in [3.8, 4) is 0 Å². The molecule has 3 rings (SSSR count). The molecule has 7 heteroatoms. The lowest BCUT2D eigenvalue weighted by atomic mass is 10.1. The zero-order valence-electron chi connectivity index (χ0n) is 15.9. The molecule has 1 aromatic carbocycles. The molecule has 3 aromatic rings. The van der Waals surface area contributed by atoms with Crippen molar-refractivity contribution in [1.29, 1.82) is 0 Å². The number of pyridine rings is 2. The highest BCUT2D eigenvalue weighted by Gasteiger charge is 2.26. The molecule has 0 fully saturated rings. The van der Waals surface area contributed by atoms with Crippen LogP contribution in [0.25, 0.3) is 10.9 Å². The molecule has 144 valence electrons. The summed E-state index contributed by atoms with van der Waals surface area (Å²) in [5, 5.41) is 9.91. The zero-order valence-corrected chi connectivity index (χ0v) is 15.9. The van der Waals surface area contributed by atoms with Gasteiger partial charge in [0.25, 0.3) is 0 Å². The number of nitrogens with zero attached hydrogens (tertiary/aromatic N) is 3. The third kappa shape index (κ3) is 4.25. The molecule has 0 aliphatic heterocycles. The first-order chi connectivity index (χ1) is 13.3. The van der Waals surface area contributed by atoms with Crippen LogP contribution in [0.4, 0.5) is 10.5 Å². The maximum absolute atomic E-state index is 13.0. The van der Waals surface area contributed by atoms with Crippen LogP contribution in [0.15, 0.2) is 54.9 Å². The molecule has 0 bridgehead atoms. The molecule has 0 radical (unpaired) electrons. The highest BCUT2D eigenvalue weighted by molar-refractivity contribution is 6.08. The van der Waals surface area contributed by atoms with Crippen molar-refractivity contribution in [2.24, 2.45) is 0 Å². The predicted molar refractivity (Wildman–Crippen MR) is 105 cm³/mol. The Morgan fingerprint density at radius 1 is 1.04 bits per heavy atom.